The maximum Gasteiger partial charge on any atom is 0.242 e. The molecule has 0 N–H and O–H groups in total. The lowest BCUT2D eigenvalue weighted by Crippen LogP contribution is -2.35. The van der Waals surface area contributed by atoms with Gasteiger partial charge >= 0.3 is 0 Å². The average Bonchev–Trinajstić information content (AvgIpc) is 3.35. The molecule has 0 aliphatic carbocycles. The van der Waals surface area contributed by atoms with Crippen LogP contribution in [0.1, 0.15) is 11.1 Å². The van der Waals surface area contributed by atoms with Crippen LogP contribution in [0.15, 0.2) is 53.4 Å². The molecule has 1 aliphatic rings. The van der Waals surface area contributed by atoms with Crippen LogP contribution in [0.5, 0.6) is 0 Å². The van der Waals surface area contributed by atoms with Crippen LogP contribution in [0, 0.1) is 11.3 Å². The third kappa shape index (κ3) is 3.17. The van der Waals surface area contributed by atoms with Crippen molar-refractivity contribution in [2.24, 2.45) is 0 Å². The number of nitriles is 1. The summed E-state index contributed by atoms with van der Waals surface area (Å²) in [6, 6.07) is 15.1. The van der Waals surface area contributed by atoms with Gasteiger partial charge in [-0.2, -0.15) is 9.57 Å². The Kier molecular flexibility index (Phi) is 4.37. The zero-order chi connectivity index (χ0) is 17.4. The van der Waals surface area contributed by atoms with Gasteiger partial charge in [-0.1, -0.05) is 23.7 Å². The quantitative estimate of drug-likeness (QED) is 0.766. The van der Waals surface area contributed by atoms with Crippen LogP contribution in [0.25, 0.3) is 0 Å². The number of hydrogen-bond acceptors (Lipinski definition) is 4. The van der Waals surface area contributed by atoms with Crippen molar-refractivity contribution in [1.29, 1.82) is 5.26 Å². The normalized spacial score (nSPS) is 19.9. The minimum atomic E-state index is -3.66. The minimum Gasteiger partial charge on any atom is -0.363 e. The molecule has 1 atom stereocenters. The monoisotopic (exact) mass is 362 g/mol. The van der Waals surface area contributed by atoms with E-state index in [1.54, 1.807) is 12.1 Å². The van der Waals surface area contributed by atoms with Crippen molar-refractivity contribution in [2.75, 3.05) is 20.2 Å². The summed E-state index contributed by atoms with van der Waals surface area (Å²) in [5, 5.41) is 9.40. The molecule has 124 valence electrons. The molecule has 1 aliphatic heterocycles. The van der Waals surface area contributed by atoms with E-state index >= 15 is 0 Å². The lowest BCUT2D eigenvalue weighted by atomic mass is 10.0. The minimum absolute atomic E-state index is 0.144. The zero-order valence-corrected chi connectivity index (χ0v) is 14.5. The van der Waals surface area contributed by atoms with Crippen LogP contribution in [-0.2, 0) is 20.4 Å². The van der Waals surface area contributed by atoms with Gasteiger partial charge in [-0.25, -0.2) is 8.42 Å². The predicted molar refractivity (Wildman–Crippen MR) is 90.1 cm³/mol. The molecule has 1 unspecified atom stereocenters. The van der Waals surface area contributed by atoms with Crippen molar-refractivity contribution >= 4 is 21.6 Å². The van der Waals surface area contributed by atoms with Gasteiger partial charge < -0.3 is 4.74 Å². The van der Waals surface area contributed by atoms with Crippen molar-refractivity contribution in [1.82, 2.24) is 4.31 Å². The Bertz CT molecular complexity index is 900. The van der Waals surface area contributed by atoms with Gasteiger partial charge in [0.15, 0.2) is 0 Å². The standard InChI is InChI=1S/C17H15ClN2O3S/c1-20(24(21,22)16-7-5-13(10-19)6-8-16)11-17(12-23-17)14-3-2-4-15(18)9-14/h2-9H,11-12H2,1H3. The first-order chi connectivity index (χ1) is 11.4. The fourth-order valence-electron chi connectivity index (χ4n) is 2.53. The highest BCUT2D eigenvalue weighted by molar-refractivity contribution is 7.89. The second-order valence-electron chi connectivity index (χ2n) is 5.69. The lowest BCUT2D eigenvalue weighted by Gasteiger charge is -2.22. The average molecular weight is 363 g/mol. The number of rotatable bonds is 5. The van der Waals surface area contributed by atoms with Gasteiger partial charge in [0, 0.05) is 18.6 Å². The first kappa shape index (κ1) is 16.9. The van der Waals surface area contributed by atoms with E-state index < -0.39 is 15.6 Å². The number of epoxide rings is 1. The van der Waals surface area contributed by atoms with Gasteiger partial charge in [-0.15, -0.1) is 0 Å². The molecule has 5 nitrogen and oxygen atoms in total. The molecule has 0 bridgehead atoms. The van der Waals surface area contributed by atoms with Crippen LogP contribution < -0.4 is 0 Å². The van der Waals surface area contributed by atoms with E-state index in [4.69, 9.17) is 21.6 Å². The number of ether oxygens (including phenoxy) is 1. The van der Waals surface area contributed by atoms with Crippen molar-refractivity contribution in [2.45, 2.75) is 10.5 Å². The second kappa shape index (κ2) is 6.19. The molecule has 1 heterocycles. The first-order valence-corrected chi connectivity index (χ1v) is 9.06. The van der Waals surface area contributed by atoms with Crippen molar-refractivity contribution in [3.63, 3.8) is 0 Å². The van der Waals surface area contributed by atoms with Gasteiger partial charge in [-0.3, -0.25) is 0 Å². The van der Waals surface area contributed by atoms with Crippen molar-refractivity contribution in [3.05, 3.63) is 64.7 Å². The molecule has 2 aromatic carbocycles. The molecule has 7 heteroatoms. The Balaban J connectivity index is 1.83. The fourth-order valence-corrected chi connectivity index (χ4v) is 3.94. The zero-order valence-electron chi connectivity index (χ0n) is 12.9. The summed E-state index contributed by atoms with van der Waals surface area (Å²) in [7, 11) is -2.15. The Morgan fingerprint density at radius 1 is 1.29 bits per heavy atom. The fraction of sp³-hybridized carbons (Fsp3) is 0.235. The molecule has 24 heavy (non-hydrogen) atoms. The van der Waals surface area contributed by atoms with E-state index in [1.165, 1.54) is 35.6 Å². The molecule has 1 saturated heterocycles. The van der Waals surface area contributed by atoms with E-state index in [0.717, 1.165) is 5.56 Å². The van der Waals surface area contributed by atoms with E-state index in [0.29, 0.717) is 17.2 Å². The Hall–Kier alpha value is -1.91. The van der Waals surface area contributed by atoms with Crippen LogP contribution in [-0.4, -0.2) is 32.9 Å². The summed E-state index contributed by atoms with van der Waals surface area (Å²) >= 11 is 6.02. The number of benzene rings is 2. The highest BCUT2D eigenvalue weighted by Gasteiger charge is 2.49. The van der Waals surface area contributed by atoms with Crippen LogP contribution >= 0.6 is 11.6 Å². The van der Waals surface area contributed by atoms with E-state index in [9.17, 15) is 8.42 Å². The summed E-state index contributed by atoms with van der Waals surface area (Å²) in [5.41, 5.74) is 0.619. The smallest absolute Gasteiger partial charge is 0.242 e. The highest BCUT2D eigenvalue weighted by Crippen LogP contribution is 2.40. The van der Waals surface area contributed by atoms with Gasteiger partial charge in [0.2, 0.25) is 10.0 Å². The number of sulfonamides is 1. The van der Waals surface area contributed by atoms with Crippen LogP contribution in [0.4, 0.5) is 0 Å². The molecule has 0 saturated carbocycles. The third-order valence-corrected chi connectivity index (χ3v) is 6.07. The number of nitrogens with zero attached hydrogens (tertiary/aromatic N) is 2. The predicted octanol–water partition coefficient (Wildman–Crippen LogP) is 2.76. The Labute approximate surface area is 146 Å². The molecule has 1 fully saturated rings. The molecule has 0 spiro atoms. The van der Waals surface area contributed by atoms with Crippen LogP contribution in [0.3, 0.4) is 0 Å². The number of halogens is 1. The summed E-state index contributed by atoms with van der Waals surface area (Å²) in [4.78, 5) is 0.144. The van der Waals surface area contributed by atoms with E-state index in [2.05, 4.69) is 0 Å². The maximum atomic E-state index is 12.7. The topological polar surface area (TPSA) is 73.7 Å². The molecule has 3 rings (SSSR count). The summed E-state index contributed by atoms with van der Waals surface area (Å²) in [5.74, 6) is 0. The van der Waals surface area contributed by atoms with Crippen LogP contribution in [0.2, 0.25) is 5.02 Å². The van der Waals surface area contributed by atoms with E-state index in [-0.39, 0.29) is 11.4 Å². The molecule has 0 amide bonds. The number of likely N-dealkylation sites (N-methyl/N-ethyl adjacent to an activating group) is 1. The molecular weight excluding hydrogens is 348 g/mol. The van der Waals surface area contributed by atoms with Gasteiger partial charge in [0.05, 0.1) is 23.1 Å². The van der Waals surface area contributed by atoms with Crippen molar-refractivity contribution < 1.29 is 13.2 Å². The third-order valence-electron chi connectivity index (χ3n) is 4.01. The molecule has 0 radical (unpaired) electrons. The number of hydrogen-bond donors (Lipinski definition) is 0. The Morgan fingerprint density at radius 2 is 1.96 bits per heavy atom. The van der Waals surface area contributed by atoms with Gasteiger partial charge in [0.1, 0.15) is 5.60 Å². The summed E-state index contributed by atoms with van der Waals surface area (Å²) < 4.78 is 32.2. The molecule has 2 aromatic rings. The SMILES string of the molecule is CN(CC1(c2cccc(Cl)c2)CO1)S(=O)(=O)c1ccc(C#N)cc1. The highest BCUT2D eigenvalue weighted by atomic mass is 35.5. The molecule has 0 aromatic heterocycles. The second-order valence-corrected chi connectivity index (χ2v) is 8.17. The Morgan fingerprint density at radius 3 is 2.50 bits per heavy atom. The summed E-state index contributed by atoms with van der Waals surface area (Å²) in [6.45, 7) is 0.635. The lowest BCUT2D eigenvalue weighted by molar-refractivity contribution is 0.266. The summed E-state index contributed by atoms with van der Waals surface area (Å²) in [6.07, 6.45) is 0. The maximum absolute atomic E-state index is 12.7. The van der Waals surface area contributed by atoms with E-state index in [1.807, 2.05) is 18.2 Å². The largest absolute Gasteiger partial charge is 0.363 e. The van der Waals surface area contributed by atoms with Crippen molar-refractivity contribution in [3.8, 4) is 6.07 Å². The van der Waals surface area contributed by atoms with Gasteiger partial charge in [-0.05, 0) is 42.0 Å². The van der Waals surface area contributed by atoms with Gasteiger partial charge in [0.25, 0.3) is 0 Å². The first-order valence-electron chi connectivity index (χ1n) is 7.24. The molecular formula is C17H15ClN2O3S.